The van der Waals surface area contributed by atoms with Crippen molar-refractivity contribution >= 4 is 17.7 Å². The number of thioether (sulfide) groups is 1. The van der Waals surface area contributed by atoms with Crippen LogP contribution in [0.2, 0.25) is 0 Å². The summed E-state index contributed by atoms with van der Waals surface area (Å²) >= 11 is 1.45. The fourth-order valence-corrected chi connectivity index (χ4v) is 3.61. The summed E-state index contributed by atoms with van der Waals surface area (Å²) in [4.78, 5) is 14.2. The lowest BCUT2D eigenvalue weighted by molar-refractivity contribution is -0.129. The van der Waals surface area contributed by atoms with Crippen molar-refractivity contribution in [3.8, 4) is 17.1 Å². The highest BCUT2D eigenvalue weighted by Crippen LogP contribution is 2.24. The first-order valence-corrected chi connectivity index (χ1v) is 9.12. The van der Waals surface area contributed by atoms with E-state index in [0.29, 0.717) is 5.75 Å². The van der Waals surface area contributed by atoms with Gasteiger partial charge in [0.05, 0.1) is 12.9 Å². The lowest BCUT2D eigenvalue weighted by atomic mass is 10.1. The van der Waals surface area contributed by atoms with Crippen LogP contribution in [0.5, 0.6) is 5.75 Å². The molecule has 0 aliphatic carbocycles. The Morgan fingerprint density at radius 3 is 2.54 bits per heavy atom. The van der Waals surface area contributed by atoms with Crippen LogP contribution < -0.4 is 4.74 Å². The van der Waals surface area contributed by atoms with Crippen molar-refractivity contribution in [1.82, 2.24) is 19.7 Å². The Balaban J connectivity index is 1.64. The fraction of sp³-hybridized carbons (Fsp3) is 0.471. The maximum absolute atomic E-state index is 12.3. The highest BCUT2D eigenvalue weighted by Gasteiger charge is 2.18. The maximum atomic E-state index is 12.3. The first-order valence-electron chi connectivity index (χ1n) is 8.13. The zero-order valence-electron chi connectivity index (χ0n) is 14.1. The number of methoxy groups -OCH3 is 1. The number of carbonyl (C=O) groups excluding carboxylic acids is 1. The lowest BCUT2D eigenvalue weighted by Crippen LogP contribution is -2.36. The monoisotopic (exact) mass is 346 g/mol. The second-order valence-corrected chi connectivity index (χ2v) is 6.77. The number of amides is 1. The van der Waals surface area contributed by atoms with Gasteiger partial charge in [-0.15, -0.1) is 10.2 Å². The third kappa shape index (κ3) is 3.72. The highest BCUT2D eigenvalue weighted by molar-refractivity contribution is 7.99. The number of hydrogen-bond donors (Lipinski definition) is 0. The normalized spacial score (nSPS) is 14.7. The van der Waals surface area contributed by atoms with Crippen molar-refractivity contribution in [1.29, 1.82) is 0 Å². The summed E-state index contributed by atoms with van der Waals surface area (Å²) < 4.78 is 7.10. The molecule has 1 aliphatic heterocycles. The Morgan fingerprint density at radius 2 is 1.88 bits per heavy atom. The molecule has 1 amide bonds. The molecule has 0 spiro atoms. The van der Waals surface area contributed by atoms with E-state index in [4.69, 9.17) is 4.74 Å². The quantitative estimate of drug-likeness (QED) is 0.779. The topological polar surface area (TPSA) is 60.3 Å². The third-order valence-corrected chi connectivity index (χ3v) is 5.22. The second kappa shape index (κ2) is 7.70. The Morgan fingerprint density at radius 1 is 1.17 bits per heavy atom. The Bertz CT molecular complexity index is 693. The second-order valence-electron chi connectivity index (χ2n) is 5.82. The van der Waals surface area contributed by atoms with E-state index in [1.54, 1.807) is 7.11 Å². The van der Waals surface area contributed by atoms with Crippen LogP contribution in [0.3, 0.4) is 0 Å². The van der Waals surface area contributed by atoms with E-state index in [-0.39, 0.29) is 5.91 Å². The standard InChI is InChI=1S/C17H22N4O2S/c1-20-16(13-6-8-14(23-2)9-7-13)18-19-17(20)24-12-15(22)21-10-4-3-5-11-21/h6-9H,3-5,10-12H2,1-2H3. The van der Waals surface area contributed by atoms with Crippen LogP contribution in [-0.4, -0.2) is 51.5 Å². The van der Waals surface area contributed by atoms with E-state index in [0.717, 1.165) is 48.2 Å². The number of likely N-dealkylation sites (tertiary alicyclic amines) is 1. The summed E-state index contributed by atoms with van der Waals surface area (Å²) in [5.41, 5.74) is 0.972. The molecule has 0 radical (unpaired) electrons. The molecule has 1 aromatic carbocycles. The largest absolute Gasteiger partial charge is 0.497 e. The van der Waals surface area contributed by atoms with Crippen LogP contribution in [0.1, 0.15) is 19.3 Å². The first kappa shape index (κ1) is 16.8. The summed E-state index contributed by atoms with van der Waals surface area (Å²) in [6, 6.07) is 7.71. The van der Waals surface area contributed by atoms with Gasteiger partial charge in [-0.3, -0.25) is 4.79 Å². The molecule has 1 saturated heterocycles. The van der Waals surface area contributed by atoms with E-state index in [9.17, 15) is 4.79 Å². The van der Waals surface area contributed by atoms with Crippen molar-refractivity contribution in [2.45, 2.75) is 24.4 Å². The predicted molar refractivity (Wildman–Crippen MR) is 94.1 cm³/mol. The van der Waals surface area contributed by atoms with Crippen LogP contribution in [0, 0.1) is 0 Å². The summed E-state index contributed by atoms with van der Waals surface area (Å²) in [6.45, 7) is 1.77. The van der Waals surface area contributed by atoms with Gasteiger partial charge in [-0.25, -0.2) is 0 Å². The number of benzene rings is 1. The van der Waals surface area contributed by atoms with Gasteiger partial charge < -0.3 is 14.2 Å². The van der Waals surface area contributed by atoms with Crippen LogP contribution >= 0.6 is 11.8 Å². The summed E-state index contributed by atoms with van der Waals surface area (Å²) in [5, 5.41) is 9.24. The molecule has 0 unspecified atom stereocenters. The molecule has 0 N–H and O–H groups in total. The molecular formula is C17H22N4O2S. The van der Waals surface area contributed by atoms with Crippen LogP contribution in [0.15, 0.2) is 29.4 Å². The van der Waals surface area contributed by atoms with Gasteiger partial charge in [-0.05, 0) is 43.5 Å². The van der Waals surface area contributed by atoms with Crippen molar-refractivity contribution in [3.05, 3.63) is 24.3 Å². The van der Waals surface area contributed by atoms with Crippen LogP contribution in [0.25, 0.3) is 11.4 Å². The number of nitrogens with zero attached hydrogens (tertiary/aromatic N) is 4. The molecule has 6 nitrogen and oxygen atoms in total. The number of hydrogen-bond acceptors (Lipinski definition) is 5. The molecule has 0 bridgehead atoms. The molecule has 128 valence electrons. The smallest absolute Gasteiger partial charge is 0.233 e. The van der Waals surface area contributed by atoms with Gasteiger partial charge in [0.25, 0.3) is 0 Å². The van der Waals surface area contributed by atoms with Crippen LogP contribution in [-0.2, 0) is 11.8 Å². The third-order valence-electron chi connectivity index (χ3n) is 4.22. The molecule has 1 fully saturated rings. The van der Waals surface area contributed by atoms with E-state index in [1.165, 1.54) is 18.2 Å². The van der Waals surface area contributed by atoms with E-state index < -0.39 is 0 Å². The van der Waals surface area contributed by atoms with Crippen LogP contribution in [0.4, 0.5) is 0 Å². The molecule has 2 heterocycles. The zero-order valence-corrected chi connectivity index (χ0v) is 14.9. The minimum absolute atomic E-state index is 0.189. The van der Waals surface area contributed by atoms with Gasteiger partial charge >= 0.3 is 0 Å². The van der Waals surface area contributed by atoms with Crippen molar-refractivity contribution < 1.29 is 9.53 Å². The number of carbonyl (C=O) groups is 1. The molecule has 1 aromatic heterocycles. The summed E-state index contributed by atoms with van der Waals surface area (Å²) in [6.07, 6.45) is 3.45. The zero-order chi connectivity index (χ0) is 16.9. The molecule has 2 aromatic rings. The minimum atomic E-state index is 0.189. The lowest BCUT2D eigenvalue weighted by Gasteiger charge is -2.26. The number of aromatic nitrogens is 3. The molecular weight excluding hydrogens is 324 g/mol. The number of piperidine rings is 1. The molecule has 1 aliphatic rings. The van der Waals surface area contributed by atoms with E-state index >= 15 is 0 Å². The predicted octanol–water partition coefficient (Wildman–Crippen LogP) is 2.60. The van der Waals surface area contributed by atoms with E-state index in [1.807, 2.05) is 40.8 Å². The Hall–Kier alpha value is -2.02. The number of rotatable bonds is 5. The Kier molecular flexibility index (Phi) is 5.40. The molecule has 0 atom stereocenters. The Labute approximate surface area is 146 Å². The molecule has 24 heavy (non-hydrogen) atoms. The molecule has 3 rings (SSSR count). The van der Waals surface area contributed by atoms with Gasteiger partial charge in [0.15, 0.2) is 11.0 Å². The van der Waals surface area contributed by atoms with Gasteiger partial charge in [-0.1, -0.05) is 11.8 Å². The van der Waals surface area contributed by atoms with Gasteiger partial charge in [0.1, 0.15) is 5.75 Å². The fourth-order valence-electron chi connectivity index (χ4n) is 2.79. The molecule has 7 heteroatoms. The molecule has 0 saturated carbocycles. The average molecular weight is 346 g/mol. The number of ether oxygens (including phenoxy) is 1. The average Bonchev–Trinajstić information content (AvgIpc) is 3.01. The van der Waals surface area contributed by atoms with E-state index in [2.05, 4.69) is 10.2 Å². The van der Waals surface area contributed by atoms with Gasteiger partial charge in [0.2, 0.25) is 5.91 Å². The van der Waals surface area contributed by atoms with Crippen molar-refractivity contribution in [2.24, 2.45) is 7.05 Å². The SMILES string of the molecule is COc1ccc(-c2nnc(SCC(=O)N3CCCCC3)n2C)cc1. The summed E-state index contributed by atoms with van der Waals surface area (Å²) in [7, 11) is 3.57. The van der Waals surface area contributed by atoms with Crippen molar-refractivity contribution in [2.75, 3.05) is 26.0 Å². The summed E-state index contributed by atoms with van der Waals surface area (Å²) in [5.74, 6) is 2.19. The highest BCUT2D eigenvalue weighted by atomic mass is 32.2. The van der Waals surface area contributed by atoms with Gasteiger partial charge in [0, 0.05) is 25.7 Å². The maximum Gasteiger partial charge on any atom is 0.233 e. The first-order chi connectivity index (χ1) is 11.7. The van der Waals surface area contributed by atoms with Gasteiger partial charge in [-0.2, -0.15) is 0 Å². The van der Waals surface area contributed by atoms with Crippen molar-refractivity contribution in [3.63, 3.8) is 0 Å². The minimum Gasteiger partial charge on any atom is -0.497 e.